The first-order valence-electron chi connectivity index (χ1n) is 7.16. The fourth-order valence-electron chi connectivity index (χ4n) is 2.21. The van der Waals surface area contributed by atoms with E-state index >= 15 is 0 Å². The summed E-state index contributed by atoms with van der Waals surface area (Å²) in [5.41, 5.74) is 2.47. The van der Waals surface area contributed by atoms with Crippen molar-refractivity contribution in [2.24, 2.45) is 0 Å². The molecule has 0 fully saturated rings. The zero-order valence-electron chi connectivity index (χ0n) is 12.7. The summed E-state index contributed by atoms with van der Waals surface area (Å²) in [7, 11) is 1.85. The van der Waals surface area contributed by atoms with Gasteiger partial charge in [-0.1, -0.05) is 19.1 Å². The molecule has 0 bridgehead atoms. The number of pyridine rings is 1. The standard InChI is InChI=1S/C17H21FN2O/c1-4-7-21-15-8-14(10-20-11-15)17(19-3)13-6-5-12(2)16(18)9-13/h5-6,8-11,17,19H,4,7H2,1-3H3. The van der Waals surface area contributed by atoms with Crippen molar-refractivity contribution in [1.82, 2.24) is 10.3 Å². The van der Waals surface area contributed by atoms with Gasteiger partial charge >= 0.3 is 0 Å². The second-order valence-electron chi connectivity index (χ2n) is 5.03. The second kappa shape index (κ2) is 7.18. The predicted molar refractivity (Wildman–Crippen MR) is 82.1 cm³/mol. The van der Waals surface area contributed by atoms with Crippen molar-refractivity contribution in [3.8, 4) is 5.75 Å². The van der Waals surface area contributed by atoms with Crippen LogP contribution in [0.25, 0.3) is 0 Å². The van der Waals surface area contributed by atoms with Gasteiger partial charge in [0.15, 0.2) is 0 Å². The average molecular weight is 288 g/mol. The van der Waals surface area contributed by atoms with E-state index in [1.54, 1.807) is 31.5 Å². The van der Waals surface area contributed by atoms with Gasteiger partial charge in [0.1, 0.15) is 11.6 Å². The maximum Gasteiger partial charge on any atom is 0.137 e. The number of halogens is 1. The average Bonchev–Trinajstić information content (AvgIpc) is 2.50. The Kier molecular flexibility index (Phi) is 5.28. The summed E-state index contributed by atoms with van der Waals surface area (Å²) in [6.07, 6.45) is 4.42. The Labute approximate surface area is 125 Å². The van der Waals surface area contributed by atoms with Gasteiger partial charge in [0.05, 0.1) is 18.8 Å². The maximum atomic E-state index is 13.8. The highest BCUT2D eigenvalue weighted by atomic mass is 19.1. The Morgan fingerprint density at radius 1 is 1.24 bits per heavy atom. The molecule has 1 unspecified atom stereocenters. The molecule has 0 aliphatic heterocycles. The van der Waals surface area contributed by atoms with Crippen LogP contribution in [0.1, 0.15) is 36.1 Å². The molecule has 0 aliphatic carbocycles. The van der Waals surface area contributed by atoms with E-state index in [1.807, 2.05) is 19.2 Å². The summed E-state index contributed by atoms with van der Waals surface area (Å²) in [4.78, 5) is 4.21. The summed E-state index contributed by atoms with van der Waals surface area (Å²) in [5, 5.41) is 3.20. The molecule has 0 saturated carbocycles. The molecular weight excluding hydrogens is 267 g/mol. The Balaban J connectivity index is 2.30. The molecule has 2 aromatic rings. The molecule has 4 heteroatoms. The van der Waals surface area contributed by atoms with E-state index in [4.69, 9.17) is 4.74 Å². The maximum absolute atomic E-state index is 13.8. The van der Waals surface area contributed by atoms with Crippen molar-refractivity contribution >= 4 is 0 Å². The van der Waals surface area contributed by atoms with Gasteiger partial charge in [-0.05, 0) is 49.2 Å². The number of nitrogens with one attached hydrogen (secondary N) is 1. The first-order chi connectivity index (χ1) is 10.2. The first kappa shape index (κ1) is 15.4. The van der Waals surface area contributed by atoms with E-state index in [0.717, 1.165) is 23.3 Å². The van der Waals surface area contributed by atoms with Crippen LogP contribution in [0, 0.1) is 12.7 Å². The van der Waals surface area contributed by atoms with Gasteiger partial charge in [0, 0.05) is 6.20 Å². The lowest BCUT2D eigenvalue weighted by molar-refractivity contribution is 0.315. The number of aromatic nitrogens is 1. The number of benzene rings is 1. The fraction of sp³-hybridized carbons (Fsp3) is 0.353. The molecule has 1 aromatic heterocycles. The molecule has 1 heterocycles. The second-order valence-corrected chi connectivity index (χ2v) is 5.03. The van der Waals surface area contributed by atoms with Crippen LogP contribution in [0.15, 0.2) is 36.7 Å². The number of hydrogen-bond acceptors (Lipinski definition) is 3. The molecule has 0 saturated heterocycles. The number of rotatable bonds is 6. The molecule has 0 amide bonds. The van der Waals surface area contributed by atoms with Crippen LogP contribution in [0.4, 0.5) is 4.39 Å². The van der Waals surface area contributed by atoms with Crippen LogP contribution < -0.4 is 10.1 Å². The van der Waals surface area contributed by atoms with Gasteiger partial charge in [0.25, 0.3) is 0 Å². The SMILES string of the molecule is CCCOc1cncc(C(NC)c2ccc(C)c(F)c2)c1. The van der Waals surface area contributed by atoms with E-state index < -0.39 is 0 Å². The Hall–Kier alpha value is -1.94. The molecular formula is C17H21FN2O. The topological polar surface area (TPSA) is 34.1 Å². The van der Waals surface area contributed by atoms with Crippen LogP contribution in [0.5, 0.6) is 5.75 Å². The molecule has 1 aromatic carbocycles. The molecule has 1 N–H and O–H groups in total. The van der Waals surface area contributed by atoms with E-state index in [-0.39, 0.29) is 11.9 Å². The third kappa shape index (κ3) is 3.79. The fourth-order valence-corrected chi connectivity index (χ4v) is 2.21. The highest BCUT2D eigenvalue weighted by Crippen LogP contribution is 2.25. The largest absolute Gasteiger partial charge is 0.492 e. The van der Waals surface area contributed by atoms with Crippen molar-refractivity contribution in [1.29, 1.82) is 0 Å². The molecule has 3 nitrogen and oxygen atoms in total. The van der Waals surface area contributed by atoms with Crippen LogP contribution in [-0.2, 0) is 0 Å². The van der Waals surface area contributed by atoms with Crippen LogP contribution in [-0.4, -0.2) is 18.6 Å². The summed E-state index contributed by atoms with van der Waals surface area (Å²) >= 11 is 0. The number of aryl methyl sites for hydroxylation is 1. The Morgan fingerprint density at radius 2 is 2.05 bits per heavy atom. The number of nitrogens with zero attached hydrogens (tertiary/aromatic N) is 1. The van der Waals surface area contributed by atoms with Gasteiger partial charge in [0.2, 0.25) is 0 Å². The van der Waals surface area contributed by atoms with Gasteiger partial charge in [-0.3, -0.25) is 4.98 Å². The van der Waals surface area contributed by atoms with Crippen molar-refractivity contribution < 1.29 is 9.13 Å². The van der Waals surface area contributed by atoms with Crippen LogP contribution >= 0.6 is 0 Å². The molecule has 0 aliphatic rings. The van der Waals surface area contributed by atoms with Crippen molar-refractivity contribution in [2.75, 3.05) is 13.7 Å². The third-order valence-electron chi connectivity index (χ3n) is 3.36. The van der Waals surface area contributed by atoms with E-state index in [0.29, 0.717) is 12.2 Å². The lowest BCUT2D eigenvalue weighted by atomic mass is 9.99. The monoisotopic (exact) mass is 288 g/mol. The van der Waals surface area contributed by atoms with Crippen molar-refractivity contribution in [3.05, 3.63) is 59.2 Å². The molecule has 1 atom stereocenters. The highest BCUT2D eigenvalue weighted by Gasteiger charge is 2.14. The summed E-state index contributed by atoms with van der Waals surface area (Å²) in [6, 6.07) is 7.12. The third-order valence-corrected chi connectivity index (χ3v) is 3.36. The van der Waals surface area contributed by atoms with E-state index in [2.05, 4.69) is 17.2 Å². The predicted octanol–water partition coefficient (Wildman–Crippen LogP) is 3.63. The van der Waals surface area contributed by atoms with Gasteiger partial charge < -0.3 is 10.1 Å². The Bertz CT molecular complexity index is 601. The van der Waals surface area contributed by atoms with Gasteiger partial charge in [-0.25, -0.2) is 4.39 Å². The molecule has 112 valence electrons. The van der Waals surface area contributed by atoms with Crippen LogP contribution in [0.2, 0.25) is 0 Å². The zero-order valence-corrected chi connectivity index (χ0v) is 12.7. The lowest BCUT2D eigenvalue weighted by Gasteiger charge is -2.18. The summed E-state index contributed by atoms with van der Waals surface area (Å²) in [6.45, 7) is 4.48. The minimum Gasteiger partial charge on any atom is -0.492 e. The molecule has 21 heavy (non-hydrogen) atoms. The lowest BCUT2D eigenvalue weighted by Crippen LogP contribution is -2.18. The minimum atomic E-state index is -0.195. The van der Waals surface area contributed by atoms with E-state index in [9.17, 15) is 4.39 Å². The van der Waals surface area contributed by atoms with Gasteiger partial charge in [-0.15, -0.1) is 0 Å². The Morgan fingerprint density at radius 3 is 2.71 bits per heavy atom. The smallest absolute Gasteiger partial charge is 0.137 e. The van der Waals surface area contributed by atoms with Crippen LogP contribution in [0.3, 0.4) is 0 Å². The molecule has 0 spiro atoms. The molecule has 2 rings (SSSR count). The highest BCUT2D eigenvalue weighted by molar-refractivity contribution is 5.35. The molecule has 0 radical (unpaired) electrons. The van der Waals surface area contributed by atoms with E-state index in [1.165, 1.54) is 0 Å². The number of hydrogen-bond donors (Lipinski definition) is 1. The van der Waals surface area contributed by atoms with Gasteiger partial charge in [-0.2, -0.15) is 0 Å². The van der Waals surface area contributed by atoms with Crippen molar-refractivity contribution in [2.45, 2.75) is 26.3 Å². The summed E-state index contributed by atoms with van der Waals surface area (Å²) < 4.78 is 19.4. The van der Waals surface area contributed by atoms with Crippen molar-refractivity contribution in [3.63, 3.8) is 0 Å². The number of ether oxygens (including phenoxy) is 1. The zero-order chi connectivity index (χ0) is 15.2. The first-order valence-corrected chi connectivity index (χ1v) is 7.16. The summed E-state index contributed by atoms with van der Waals surface area (Å²) in [5.74, 6) is 0.543. The minimum absolute atomic E-state index is 0.113. The quantitative estimate of drug-likeness (QED) is 0.881. The normalized spacial score (nSPS) is 12.2.